The van der Waals surface area contributed by atoms with Gasteiger partial charge in [0.25, 0.3) is 15.6 Å². The molecule has 174 valence electrons. The smallest absolute Gasteiger partial charge is 0.276 e. The van der Waals surface area contributed by atoms with Gasteiger partial charge >= 0.3 is 0 Å². The average molecular weight is 519 g/mol. The molecule has 1 saturated heterocycles. The van der Waals surface area contributed by atoms with Gasteiger partial charge in [-0.2, -0.15) is 0 Å². The molecule has 0 spiro atoms. The minimum atomic E-state index is -5.93. The second-order valence-corrected chi connectivity index (χ2v) is 11.5. The van der Waals surface area contributed by atoms with Crippen LogP contribution >= 0.6 is 22.4 Å². The number of fused-ring (bicyclic) bond motifs is 1. The topological polar surface area (TPSA) is 273 Å². The number of phosphoric acid groups is 2. The number of imidazole rings is 1. The maximum absolute atomic E-state index is 11.7. The number of hydrogen-bond acceptors (Lipinski definition) is 17. The van der Waals surface area contributed by atoms with Crippen LogP contribution in [0.4, 0.5) is 5.82 Å². The number of hydrogen-bond donors (Lipinski definition) is 3. The van der Waals surface area contributed by atoms with E-state index in [1.54, 1.807) is 0 Å². The number of nitrogens with zero attached hydrogens (tertiary/aromatic N) is 4. The highest BCUT2D eigenvalue weighted by Crippen LogP contribution is 2.60. The van der Waals surface area contributed by atoms with Gasteiger partial charge in [-0.15, -0.1) is 11.8 Å². The first-order valence-corrected chi connectivity index (χ1v) is 13.3. The highest BCUT2D eigenvalue weighted by Gasteiger charge is 2.45. The summed E-state index contributed by atoms with van der Waals surface area (Å²) in [7, 11) is -11.6. The van der Waals surface area contributed by atoms with Crippen LogP contribution in [0, 0.1) is 0 Å². The Labute approximate surface area is 177 Å². The summed E-state index contributed by atoms with van der Waals surface area (Å²) in [5, 5.41) is 20.4. The fourth-order valence-corrected chi connectivity index (χ4v) is 6.20. The molecule has 2 aromatic heterocycles. The van der Waals surface area contributed by atoms with Crippen molar-refractivity contribution in [1.29, 1.82) is 0 Å². The molecule has 3 rings (SSSR count). The van der Waals surface area contributed by atoms with E-state index >= 15 is 0 Å². The summed E-state index contributed by atoms with van der Waals surface area (Å²) in [5.74, 6) is 0.0343. The summed E-state index contributed by atoms with van der Waals surface area (Å²) >= 11 is 3.68. The highest BCUT2D eigenvalue weighted by molar-refractivity contribution is 8.06. The fourth-order valence-electron chi connectivity index (χ4n) is 2.60. The number of phosphoric ester groups is 1. The number of aliphatic hydroxyl groups excluding tert-OH is 2. The third-order valence-corrected chi connectivity index (χ3v) is 8.06. The van der Waals surface area contributed by atoms with E-state index < -0.39 is 53.5 Å². The molecule has 1 aliphatic heterocycles. The van der Waals surface area contributed by atoms with E-state index in [0.29, 0.717) is 0 Å². The summed E-state index contributed by atoms with van der Waals surface area (Å²) < 4.78 is 40.7. The Hall–Kier alpha value is -0.940. The molecule has 3 heterocycles. The second-order valence-electron chi connectivity index (χ2n) is 5.93. The number of aliphatic hydroxyl groups is 2. The van der Waals surface area contributed by atoms with Gasteiger partial charge in [0, 0.05) is 0 Å². The van der Waals surface area contributed by atoms with Crippen LogP contribution in [-0.2, 0) is 38.8 Å². The molecule has 0 aliphatic carbocycles. The highest BCUT2D eigenvalue weighted by atomic mass is 32.5. The Kier molecular flexibility index (Phi) is 6.99. The van der Waals surface area contributed by atoms with Crippen molar-refractivity contribution in [3.63, 3.8) is 0 Å². The summed E-state index contributed by atoms with van der Waals surface area (Å²) in [4.78, 5) is 55.9. The first-order chi connectivity index (χ1) is 14.2. The van der Waals surface area contributed by atoms with Gasteiger partial charge in [-0.1, -0.05) is 6.72 Å². The van der Waals surface area contributed by atoms with E-state index in [1.807, 2.05) is 0 Å². The van der Waals surface area contributed by atoms with Crippen molar-refractivity contribution in [2.24, 2.45) is 0 Å². The summed E-state index contributed by atoms with van der Waals surface area (Å²) in [6.45, 7) is -6.33. The van der Waals surface area contributed by atoms with Crippen LogP contribution in [-0.4, -0.2) is 54.7 Å². The number of nitrogens with two attached hydrogens (primary N) is 1. The lowest BCUT2D eigenvalue weighted by molar-refractivity contribution is -0.320. The van der Waals surface area contributed by atoms with Crippen LogP contribution < -0.4 is 25.3 Å². The standard InChI is InChI=1S/C10H16N5O12P3S/c11-8-5-9(13-2-12-8)15(3-14-5)10-7(17)6(16)4(25-10)1-24-28(18,19)26-29(20,21)27-30(22,23)31/h2-4,6-7,10,16-17H,1H2,(H,18,19)(H,20,21)(H2,11,12,13)(H2,22,23,31)/p-4/t4-,6-,7-,10+/m1/s1. The monoisotopic (exact) mass is 519 g/mol. The van der Waals surface area contributed by atoms with Crippen molar-refractivity contribution >= 4 is 51.2 Å². The Morgan fingerprint density at radius 2 is 1.81 bits per heavy atom. The van der Waals surface area contributed by atoms with Gasteiger partial charge in [0.2, 0.25) is 0 Å². The number of aromatic nitrogens is 4. The Morgan fingerprint density at radius 3 is 2.45 bits per heavy atom. The van der Waals surface area contributed by atoms with E-state index in [9.17, 15) is 38.9 Å². The molecule has 1 aliphatic rings. The minimum Gasteiger partial charge on any atom is -0.812 e. The number of anilines is 1. The van der Waals surface area contributed by atoms with Crippen LogP contribution in [0.1, 0.15) is 6.23 Å². The summed E-state index contributed by atoms with van der Waals surface area (Å²) in [6, 6.07) is 0. The Balaban J connectivity index is 1.69. The van der Waals surface area contributed by atoms with Gasteiger partial charge in [-0.05, 0) is 0 Å². The first kappa shape index (κ1) is 24.7. The van der Waals surface area contributed by atoms with Crippen LogP contribution in [0.25, 0.3) is 11.2 Å². The van der Waals surface area contributed by atoms with Crippen molar-refractivity contribution < 1.29 is 56.8 Å². The van der Waals surface area contributed by atoms with Gasteiger partial charge in [-0.25, -0.2) is 19.3 Å². The van der Waals surface area contributed by atoms with Crippen LogP contribution in [0.2, 0.25) is 0 Å². The van der Waals surface area contributed by atoms with Gasteiger partial charge in [-0.3, -0.25) is 13.7 Å². The quantitative estimate of drug-likeness (QED) is 0.280. The minimum absolute atomic E-state index is 0.0343. The molecule has 17 nitrogen and oxygen atoms in total. The Morgan fingerprint density at radius 1 is 1.13 bits per heavy atom. The average Bonchev–Trinajstić information content (AvgIpc) is 3.13. The van der Waals surface area contributed by atoms with Crippen LogP contribution in [0.15, 0.2) is 12.7 Å². The molecule has 2 unspecified atom stereocenters. The molecule has 21 heteroatoms. The largest absolute Gasteiger partial charge is 0.812 e. The van der Waals surface area contributed by atoms with Crippen molar-refractivity contribution in [3.05, 3.63) is 12.7 Å². The zero-order valence-electron chi connectivity index (χ0n) is 14.8. The molecule has 0 bridgehead atoms. The van der Waals surface area contributed by atoms with E-state index in [4.69, 9.17) is 10.5 Å². The number of nitrogen functional groups attached to an aromatic ring is 1. The summed E-state index contributed by atoms with van der Waals surface area (Å²) in [5.41, 5.74) is 5.97. The molecule has 2 aromatic rings. The maximum Gasteiger partial charge on any atom is 0.276 e. The molecule has 1 fully saturated rings. The zero-order valence-corrected chi connectivity index (χ0v) is 18.3. The molecule has 0 amide bonds. The number of rotatable bonds is 8. The van der Waals surface area contributed by atoms with E-state index in [0.717, 1.165) is 6.33 Å². The third-order valence-electron chi connectivity index (χ3n) is 3.80. The van der Waals surface area contributed by atoms with Crippen molar-refractivity contribution in [2.45, 2.75) is 24.5 Å². The second kappa shape index (κ2) is 8.78. The maximum atomic E-state index is 11.7. The predicted molar refractivity (Wildman–Crippen MR) is 93.3 cm³/mol. The van der Waals surface area contributed by atoms with Gasteiger partial charge < -0.3 is 49.1 Å². The molecule has 0 radical (unpaired) electrons. The normalized spacial score (nSPS) is 28.5. The third kappa shape index (κ3) is 5.90. The van der Waals surface area contributed by atoms with Gasteiger partial charge in [0.1, 0.15) is 30.2 Å². The molecule has 6 atom stereocenters. The molecule has 0 aromatic carbocycles. The lowest BCUT2D eigenvalue weighted by atomic mass is 10.1. The molecule has 4 N–H and O–H groups in total. The van der Waals surface area contributed by atoms with Crippen LogP contribution in [0.5, 0.6) is 0 Å². The summed E-state index contributed by atoms with van der Waals surface area (Å²) in [6.07, 6.45) is -3.83. The Bertz CT molecular complexity index is 1110. The molecule has 31 heavy (non-hydrogen) atoms. The molecular formula is C10H12N5O12P3S-4. The van der Waals surface area contributed by atoms with Crippen molar-refractivity contribution in [2.75, 3.05) is 12.3 Å². The van der Waals surface area contributed by atoms with Crippen molar-refractivity contribution in [3.8, 4) is 0 Å². The number of ether oxygens (including phenoxy) is 1. The van der Waals surface area contributed by atoms with Crippen molar-refractivity contribution in [1.82, 2.24) is 19.5 Å². The van der Waals surface area contributed by atoms with E-state index in [2.05, 4.69) is 39.9 Å². The van der Waals surface area contributed by atoms with Gasteiger partial charge in [0.05, 0.1) is 12.9 Å². The van der Waals surface area contributed by atoms with E-state index in [-0.39, 0.29) is 17.0 Å². The predicted octanol–water partition coefficient (Wildman–Crippen LogP) is -4.04. The first-order valence-electron chi connectivity index (χ1n) is 7.85. The molecular weight excluding hydrogens is 507 g/mol. The fraction of sp³-hybridized carbons (Fsp3) is 0.500. The zero-order chi connectivity index (χ0) is 23.2. The van der Waals surface area contributed by atoms with E-state index in [1.165, 1.54) is 10.9 Å². The lowest BCUT2D eigenvalue weighted by Gasteiger charge is -2.40. The van der Waals surface area contributed by atoms with Crippen LogP contribution in [0.3, 0.4) is 0 Å². The molecule has 0 saturated carbocycles. The SMILES string of the molecule is Nc1ncnc2c1ncn2[C@H]1O[C@H](COP(=O)([O-])OP(=O)([O-])OP([O-])([O-])=S)[C@@H](O)[C@H]1O. The lowest BCUT2D eigenvalue weighted by Crippen LogP contribution is -2.34. The van der Waals surface area contributed by atoms with Gasteiger partial charge in [0.15, 0.2) is 17.7 Å².